The van der Waals surface area contributed by atoms with Crippen molar-refractivity contribution in [2.75, 3.05) is 0 Å². The predicted molar refractivity (Wildman–Crippen MR) is 146 cm³/mol. The molecule has 1 heteroatoms. The highest BCUT2D eigenvalue weighted by molar-refractivity contribution is 5.64. The Morgan fingerprint density at radius 3 is 1.80 bits per heavy atom. The van der Waals surface area contributed by atoms with Crippen LogP contribution in [0.5, 0.6) is 0 Å². The van der Waals surface area contributed by atoms with Gasteiger partial charge in [-0.1, -0.05) is 109 Å². The smallest absolute Gasteiger partial charge is 0.0204 e. The van der Waals surface area contributed by atoms with Crippen LogP contribution in [0.1, 0.15) is 52.5 Å². The fourth-order valence-corrected chi connectivity index (χ4v) is 5.98. The zero-order chi connectivity index (χ0) is 23.6. The molecule has 2 N–H and O–H groups in total. The quantitative estimate of drug-likeness (QED) is 0.333. The fourth-order valence-electron chi connectivity index (χ4n) is 5.98. The molecule has 1 atom stereocenters. The molecule has 2 aliphatic carbocycles. The zero-order valence-electron chi connectivity index (χ0n) is 20.0. The summed E-state index contributed by atoms with van der Waals surface area (Å²) in [5.41, 5.74) is 18.4. The summed E-state index contributed by atoms with van der Waals surface area (Å²) < 4.78 is 0. The maximum Gasteiger partial charge on any atom is 0.0204 e. The molecule has 6 rings (SSSR count). The molecule has 0 fully saturated rings. The van der Waals surface area contributed by atoms with Gasteiger partial charge in [-0.15, -0.1) is 0 Å². The van der Waals surface area contributed by atoms with Crippen LogP contribution in [0, 0.1) is 0 Å². The van der Waals surface area contributed by atoms with Crippen LogP contribution in [0.3, 0.4) is 0 Å². The Bertz CT molecular complexity index is 1340. The zero-order valence-corrected chi connectivity index (χ0v) is 20.0. The molecule has 0 radical (unpaired) electrons. The molecule has 4 aromatic carbocycles. The molecule has 0 aromatic heterocycles. The van der Waals surface area contributed by atoms with Crippen LogP contribution in [-0.4, -0.2) is 0 Å². The number of hydrogen-bond acceptors (Lipinski definition) is 1. The summed E-state index contributed by atoms with van der Waals surface area (Å²) in [4.78, 5) is 0. The number of hydrogen-bond donors (Lipinski definition) is 1. The molecular formula is C34H31N. The predicted octanol–water partition coefficient (Wildman–Crippen LogP) is 7.93. The average molecular weight is 454 g/mol. The van der Waals surface area contributed by atoms with E-state index in [1.807, 2.05) is 0 Å². The minimum absolute atomic E-state index is 0.207. The molecule has 0 amide bonds. The van der Waals surface area contributed by atoms with E-state index < -0.39 is 0 Å². The molecule has 0 heterocycles. The molecule has 0 saturated heterocycles. The van der Waals surface area contributed by atoms with Crippen molar-refractivity contribution in [3.63, 3.8) is 0 Å². The third kappa shape index (κ3) is 4.23. The monoisotopic (exact) mass is 453 g/mol. The van der Waals surface area contributed by atoms with Gasteiger partial charge in [-0.2, -0.15) is 0 Å². The van der Waals surface area contributed by atoms with Gasteiger partial charge in [0.25, 0.3) is 0 Å². The Kier molecular flexibility index (Phi) is 5.84. The summed E-state index contributed by atoms with van der Waals surface area (Å²) in [5.74, 6) is 0.458. The first-order valence-electron chi connectivity index (χ1n) is 12.7. The second-order valence-electron chi connectivity index (χ2n) is 9.80. The second-order valence-corrected chi connectivity index (χ2v) is 9.80. The molecule has 1 unspecified atom stereocenters. The third-order valence-corrected chi connectivity index (χ3v) is 7.68. The summed E-state index contributed by atoms with van der Waals surface area (Å²) >= 11 is 0. The maximum absolute atomic E-state index is 6.41. The van der Waals surface area contributed by atoms with E-state index in [2.05, 4.69) is 115 Å². The molecule has 1 nitrogen and oxygen atoms in total. The van der Waals surface area contributed by atoms with E-state index in [-0.39, 0.29) is 11.8 Å². The number of aryl methyl sites for hydroxylation is 2. The van der Waals surface area contributed by atoms with Gasteiger partial charge in [-0.05, 0) is 76.3 Å². The summed E-state index contributed by atoms with van der Waals surface area (Å²) in [6.07, 6.45) is 8.78. The van der Waals surface area contributed by atoms with Crippen molar-refractivity contribution >= 4 is 0 Å². The van der Waals surface area contributed by atoms with Gasteiger partial charge in [-0.3, -0.25) is 0 Å². The number of rotatable bonds is 4. The van der Waals surface area contributed by atoms with Gasteiger partial charge in [0.1, 0.15) is 0 Å². The van der Waals surface area contributed by atoms with Crippen molar-refractivity contribution in [3.8, 4) is 11.1 Å². The maximum atomic E-state index is 6.41. The van der Waals surface area contributed by atoms with Gasteiger partial charge >= 0.3 is 0 Å². The van der Waals surface area contributed by atoms with Gasteiger partial charge in [0.2, 0.25) is 0 Å². The van der Waals surface area contributed by atoms with E-state index in [1.165, 1.54) is 44.5 Å². The van der Waals surface area contributed by atoms with E-state index >= 15 is 0 Å². The van der Waals surface area contributed by atoms with Crippen molar-refractivity contribution in [2.45, 2.75) is 37.5 Å². The van der Waals surface area contributed by atoms with Crippen molar-refractivity contribution in [1.29, 1.82) is 0 Å². The van der Waals surface area contributed by atoms with E-state index in [9.17, 15) is 0 Å². The standard InChI is InChI=1S/C34H31N/c35-30-14-8-13-29(23-30)33(28-21-17-25(18-22-28)24-9-2-1-3-10-24)34-31-15-6-4-11-26(31)19-20-27-12-5-7-16-32(27)34/h1-7,9-13,15-18,21-23,33-34H,8,14,19-20,35H2. The van der Waals surface area contributed by atoms with Crippen LogP contribution in [0.15, 0.2) is 127 Å². The van der Waals surface area contributed by atoms with Crippen LogP contribution < -0.4 is 5.73 Å². The first kappa shape index (κ1) is 21.7. The van der Waals surface area contributed by atoms with E-state index in [0.29, 0.717) is 0 Å². The van der Waals surface area contributed by atoms with Gasteiger partial charge < -0.3 is 5.73 Å². The topological polar surface area (TPSA) is 26.0 Å². The first-order chi connectivity index (χ1) is 17.3. The van der Waals surface area contributed by atoms with Crippen LogP contribution in [0.2, 0.25) is 0 Å². The summed E-state index contributed by atoms with van der Waals surface area (Å²) in [7, 11) is 0. The van der Waals surface area contributed by atoms with Crippen LogP contribution in [-0.2, 0) is 12.8 Å². The number of fused-ring (bicyclic) bond motifs is 2. The van der Waals surface area contributed by atoms with Crippen LogP contribution in [0.4, 0.5) is 0 Å². The lowest BCUT2D eigenvalue weighted by atomic mass is 9.71. The van der Waals surface area contributed by atoms with Crippen LogP contribution >= 0.6 is 0 Å². The Hall–Kier alpha value is -3.84. The van der Waals surface area contributed by atoms with Gasteiger partial charge in [0.05, 0.1) is 0 Å². The van der Waals surface area contributed by atoms with Crippen LogP contribution in [0.25, 0.3) is 11.1 Å². The molecule has 0 bridgehead atoms. The summed E-state index contributed by atoms with van der Waals surface area (Å²) in [6.45, 7) is 0. The molecule has 0 saturated carbocycles. The lowest BCUT2D eigenvalue weighted by Crippen LogP contribution is -2.18. The van der Waals surface area contributed by atoms with E-state index in [1.54, 1.807) is 0 Å². The number of nitrogens with two attached hydrogens (primary N) is 1. The molecular weight excluding hydrogens is 422 g/mol. The third-order valence-electron chi connectivity index (χ3n) is 7.68. The molecule has 172 valence electrons. The highest BCUT2D eigenvalue weighted by Crippen LogP contribution is 2.48. The first-order valence-corrected chi connectivity index (χ1v) is 12.7. The molecule has 35 heavy (non-hydrogen) atoms. The van der Waals surface area contributed by atoms with E-state index in [4.69, 9.17) is 5.73 Å². The molecule has 4 aromatic rings. The fraction of sp³-hybridized carbons (Fsp3) is 0.176. The Labute approximate surface area is 208 Å². The van der Waals surface area contributed by atoms with Crippen molar-refractivity contribution < 1.29 is 0 Å². The number of benzene rings is 4. The normalized spacial score (nSPS) is 16.3. The molecule has 2 aliphatic rings. The lowest BCUT2D eigenvalue weighted by Gasteiger charge is -2.32. The highest BCUT2D eigenvalue weighted by atomic mass is 14.6. The SMILES string of the molecule is NC1=CC(C(c2ccc(-c3ccccc3)cc2)C2c3ccccc3CCc3ccccc32)=CCC1. The number of allylic oxidation sites excluding steroid dienone is 4. The Morgan fingerprint density at radius 2 is 1.17 bits per heavy atom. The molecule has 0 aliphatic heterocycles. The van der Waals surface area contributed by atoms with E-state index in [0.717, 1.165) is 31.4 Å². The highest BCUT2D eigenvalue weighted by Gasteiger charge is 2.33. The molecule has 0 spiro atoms. The second kappa shape index (κ2) is 9.43. The minimum Gasteiger partial charge on any atom is -0.402 e. The van der Waals surface area contributed by atoms with Gasteiger partial charge in [0.15, 0.2) is 0 Å². The Morgan fingerprint density at radius 1 is 0.600 bits per heavy atom. The van der Waals surface area contributed by atoms with Crippen molar-refractivity contribution in [1.82, 2.24) is 0 Å². The minimum atomic E-state index is 0.207. The summed E-state index contributed by atoms with van der Waals surface area (Å²) in [6, 6.07) is 38.0. The van der Waals surface area contributed by atoms with Gasteiger partial charge in [0, 0.05) is 17.5 Å². The van der Waals surface area contributed by atoms with Gasteiger partial charge in [-0.25, -0.2) is 0 Å². The van der Waals surface area contributed by atoms with Crippen molar-refractivity contribution in [3.05, 3.63) is 154 Å². The van der Waals surface area contributed by atoms with Crippen molar-refractivity contribution in [2.24, 2.45) is 5.73 Å². The Balaban J connectivity index is 1.54. The average Bonchev–Trinajstić information content (AvgIpc) is 3.07. The largest absolute Gasteiger partial charge is 0.402 e. The summed E-state index contributed by atoms with van der Waals surface area (Å²) in [5, 5.41) is 0. The lowest BCUT2D eigenvalue weighted by molar-refractivity contribution is 0.679.